The van der Waals surface area contributed by atoms with E-state index in [2.05, 4.69) is 51.2 Å². The number of nitrogens with one attached hydrogen (secondary N) is 1. The SMILES string of the molecule is CCCn1cc(CNC(C)C(C)(C)C)cn1. The minimum atomic E-state index is 0.305. The molecule has 0 aliphatic carbocycles. The zero-order valence-electron chi connectivity index (χ0n) is 11.2. The smallest absolute Gasteiger partial charge is 0.0534 e. The van der Waals surface area contributed by atoms with Crippen molar-refractivity contribution < 1.29 is 0 Å². The van der Waals surface area contributed by atoms with Crippen molar-refractivity contribution in [2.45, 2.75) is 60.2 Å². The lowest BCUT2D eigenvalue weighted by Crippen LogP contribution is -2.37. The minimum Gasteiger partial charge on any atom is -0.310 e. The van der Waals surface area contributed by atoms with E-state index in [-0.39, 0.29) is 0 Å². The molecule has 1 heterocycles. The summed E-state index contributed by atoms with van der Waals surface area (Å²) in [5.41, 5.74) is 1.57. The summed E-state index contributed by atoms with van der Waals surface area (Å²) in [5, 5.41) is 7.86. The fraction of sp³-hybridized carbons (Fsp3) is 0.769. The predicted molar refractivity (Wildman–Crippen MR) is 68.3 cm³/mol. The first-order chi connectivity index (χ1) is 7.43. The molecule has 3 heteroatoms. The first-order valence-electron chi connectivity index (χ1n) is 6.18. The predicted octanol–water partition coefficient (Wildman–Crippen LogP) is 2.82. The third-order valence-corrected chi connectivity index (χ3v) is 3.05. The molecule has 0 saturated carbocycles. The van der Waals surface area contributed by atoms with Gasteiger partial charge >= 0.3 is 0 Å². The van der Waals surface area contributed by atoms with Gasteiger partial charge in [0.1, 0.15) is 0 Å². The molecule has 1 rings (SSSR count). The summed E-state index contributed by atoms with van der Waals surface area (Å²) in [6.07, 6.45) is 5.22. The van der Waals surface area contributed by atoms with Gasteiger partial charge in [-0.2, -0.15) is 5.10 Å². The largest absolute Gasteiger partial charge is 0.310 e. The average molecular weight is 223 g/mol. The molecule has 3 nitrogen and oxygen atoms in total. The molecule has 1 atom stereocenters. The molecule has 0 bridgehead atoms. The lowest BCUT2D eigenvalue weighted by atomic mass is 9.88. The van der Waals surface area contributed by atoms with E-state index in [1.165, 1.54) is 5.56 Å². The first kappa shape index (κ1) is 13.2. The molecule has 1 aromatic heterocycles. The second-order valence-corrected chi connectivity index (χ2v) is 5.58. The molecule has 1 unspecified atom stereocenters. The van der Waals surface area contributed by atoms with Crippen molar-refractivity contribution >= 4 is 0 Å². The third-order valence-electron chi connectivity index (χ3n) is 3.05. The lowest BCUT2D eigenvalue weighted by Gasteiger charge is -2.28. The quantitative estimate of drug-likeness (QED) is 0.832. The van der Waals surface area contributed by atoms with Crippen LogP contribution in [-0.4, -0.2) is 15.8 Å². The molecule has 92 valence electrons. The van der Waals surface area contributed by atoms with Crippen LogP contribution in [0.15, 0.2) is 12.4 Å². The van der Waals surface area contributed by atoms with Crippen LogP contribution in [0.3, 0.4) is 0 Å². The Morgan fingerprint density at radius 2 is 2.12 bits per heavy atom. The molecule has 16 heavy (non-hydrogen) atoms. The van der Waals surface area contributed by atoms with E-state index in [0.717, 1.165) is 19.5 Å². The number of aromatic nitrogens is 2. The molecule has 1 aromatic rings. The van der Waals surface area contributed by atoms with Gasteiger partial charge in [0.15, 0.2) is 0 Å². The van der Waals surface area contributed by atoms with Crippen LogP contribution in [0.4, 0.5) is 0 Å². The molecule has 0 aliphatic rings. The maximum atomic E-state index is 4.32. The first-order valence-corrected chi connectivity index (χ1v) is 6.18. The average Bonchev–Trinajstić information content (AvgIpc) is 2.61. The summed E-state index contributed by atoms with van der Waals surface area (Å²) in [6, 6.07) is 0.502. The van der Waals surface area contributed by atoms with Crippen LogP contribution in [-0.2, 0) is 13.1 Å². The van der Waals surface area contributed by atoms with Gasteiger partial charge in [0, 0.05) is 30.9 Å². The van der Waals surface area contributed by atoms with Gasteiger partial charge in [-0.15, -0.1) is 0 Å². The van der Waals surface area contributed by atoms with Gasteiger partial charge in [-0.1, -0.05) is 27.7 Å². The lowest BCUT2D eigenvalue weighted by molar-refractivity contribution is 0.285. The van der Waals surface area contributed by atoms with Crippen molar-refractivity contribution in [2.24, 2.45) is 5.41 Å². The molecule has 0 aromatic carbocycles. The second kappa shape index (κ2) is 5.48. The van der Waals surface area contributed by atoms with Crippen molar-refractivity contribution in [2.75, 3.05) is 0 Å². The van der Waals surface area contributed by atoms with Crippen LogP contribution in [0.1, 0.15) is 46.6 Å². The van der Waals surface area contributed by atoms with Crippen molar-refractivity contribution in [1.29, 1.82) is 0 Å². The van der Waals surface area contributed by atoms with Crippen molar-refractivity contribution in [3.63, 3.8) is 0 Å². The fourth-order valence-corrected chi connectivity index (χ4v) is 1.43. The monoisotopic (exact) mass is 223 g/mol. The number of hydrogen-bond donors (Lipinski definition) is 1. The Hall–Kier alpha value is -0.830. The number of hydrogen-bond acceptors (Lipinski definition) is 2. The Morgan fingerprint density at radius 1 is 1.44 bits per heavy atom. The topological polar surface area (TPSA) is 29.9 Å². The highest BCUT2D eigenvalue weighted by atomic mass is 15.3. The van der Waals surface area contributed by atoms with E-state index >= 15 is 0 Å². The zero-order chi connectivity index (χ0) is 12.2. The molecular formula is C13H25N3. The summed E-state index contributed by atoms with van der Waals surface area (Å²) in [7, 11) is 0. The van der Waals surface area contributed by atoms with E-state index in [1.54, 1.807) is 0 Å². The van der Waals surface area contributed by atoms with Gasteiger partial charge < -0.3 is 5.32 Å². The number of nitrogens with zero attached hydrogens (tertiary/aromatic N) is 2. The van der Waals surface area contributed by atoms with Gasteiger partial charge in [-0.25, -0.2) is 0 Å². The number of rotatable bonds is 5. The minimum absolute atomic E-state index is 0.305. The third kappa shape index (κ3) is 3.97. The molecule has 0 radical (unpaired) electrons. The molecule has 0 aliphatic heterocycles. The van der Waals surface area contributed by atoms with Gasteiger partial charge in [-0.05, 0) is 18.8 Å². The van der Waals surface area contributed by atoms with Crippen molar-refractivity contribution in [3.8, 4) is 0 Å². The second-order valence-electron chi connectivity index (χ2n) is 5.58. The number of aryl methyl sites for hydroxylation is 1. The Balaban J connectivity index is 2.42. The Morgan fingerprint density at radius 3 is 2.69 bits per heavy atom. The molecule has 0 amide bonds. The normalized spacial score (nSPS) is 14.1. The van der Waals surface area contributed by atoms with Gasteiger partial charge in [0.25, 0.3) is 0 Å². The van der Waals surface area contributed by atoms with Gasteiger partial charge in [-0.3, -0.25) is 4.68 Å². The fourth-order valence-electron chi connectivity index (χ4n) is 1.43. The molecule has 0 fully saturated rings. The highest BCUT2D eigenvalue weighted by Crippen LogP contribution is 2.18. The van der Waals surface area contributed by atoms with Crippen LogP contribution < -0.4 is 5.32 Å². The summed E-state index contributed by atoms with van der Waals surface area (Å²) in [6.45, 7) is 13.1. The van der Waals surface area contributed by atoms with E-state index < -0.39 is 0 Å². The van der Waals surface area contributed by atoms with Gasteiger partial charge in [0.2, 0.25) is 0 Å². The van der Waals surface area contributed by atoms with Crippen LogP contribution in [0.2, 0.25) is 0 Å². The molecular weight excluding hydrogens is 198 g/mol. The standard InChI is InChI=1S/C13H25N3/c1-6-7-16-10-12(9-15-16)8-14-11(2)13(3,4)5/h9-11,14H,6-8H2,1-5H3. The van der Waals surface area contributed by atoms with Crippen LogP contribution in [0, 0.1) is 5.41 Å². The van der Waals surface area contributed by atoms with E-state index in [0.29, 0.717) is 11.5 Å². The Bertz CT molecular complexity index is 309. The highest BCUT2D eigenvalue weighted by molar-refractivity contribution is 5.03. The van der Waals surface area contributed by atoms with Crippen molar-refractivity contribution in [3.05, 3.63) is 18.0 Å². The zero-order valence-corrected chi connectivity index (χ0v) is 11.2. The van der Waals surface area contributed by atoms with Crippen LogP contribution in [0.25, 0.3) is 0 Å². The van der Waals surface area contributed by atoms with Crippen molar-refractivity contribution in [1.82, 2.24) is 15.1 Å². The van der Waals surface area contributed by atoms with Gasteiger partial charge in [0.05, 0.1) is 6.20 Å². The Labute approximate surface area is 99.2 Å². The highest BCUT2D eigenvalue weighted by Gasteiger charge is 2.19. The maximum absolute atomic E-state index is 4.32. The summed E-state index contributed by atoms with van der Waals surface area (Å²) in [4.78, 5) is 0. The van der Waals surface area contributed by atoms with Crippen LogP contribution in [0.5, 0.6) is 0 Å². The summed E-state index contributed by atoms with van der Waals surface area (Å²) in [5.74, 6) is 0. The van der Waals surface area contributed by atoms with Crippen LogP contribution >= 0.6 is 0 Å². The summed E-state index contributed by atoms with van der Waals surface area (Å²) < 4.78 is 2.01. The maximum Gasteiger partial charge on any atom is 0.0534 e. The van der Waals surface area contributed by atoms with E-state index in [9.17, 15) is 0 Å². The summed E-state index contributed by atoms with van der Waals surface area (Å²) >= 11 is 0. The molecule has 0 saturated heterocycles. The van der Waals surface area contributed by atoms with E-state index in [4.69, 9.17) is 0 Å². The molecule has 0 spiro atoms. The molecule has 1 N–H and O–H groups in total. The van der Waals surface area contributed by atoms with E-state index in [1.807, 2.05) is 10.9 Å². The Kier molecular flexibility index (Phi) is 4.54.